The smallest absolute Gasteiger partial charge is 0.348 e. The summed E-state index contributed by atoms with van der Waals surface area (Å²) in [7, 11) is 0. The minimum Gasteiger partial charge on any atom is -0.461 e. The maximum absolute atomic E-state index is 11.2. The van der Waals surface area contributed by atoms with Crippen molar-refractivity contribution in [2.45, 2.75) is 12.8 Å². The molecule has 12 heavy (non-hydrogen) atoms. The van der Waals surface area contributed by atoms with Crippen LogP contribution in [0.4, 0.5) is 0 Å². The average Bonchev–Trinajstić information content (AvgIpc) is 2.74. The molecule has 64 valence electrons. The first-order valence-electron chi connectivity index (χ1n) is 4.07. The first kappa shape index (κ1) is 7.80. The van der Waals surface area contributed by atoms with Gasteiger partial charge in [0.2, 0.25) is 0 Å². The summed E-state index contributed by atoms with van der Waals surface area (Å²) in [6.45, 7) is 0.608. The Morgan fingerprint density at radius 2 is 2.50 bits per heavy atom. The van der Waals surface area contributed by atoms with Crippen molar-refractivity contribution in [2.75, 3.05) is 6.61 Å². The Hall–Kier alpha value is -0.830. The Morgan fingerprint density at radius 3 is 3.08 bits per heavy atom. The van der Waals surface area contributed by atoms with E-state index in [4.69, 9.17) is 4.74 Å². The van der Waals surface area contributed by atoms with Crippen molar-refractivity contribution < 1.29 is 9.53 Å². The van der Waals surface area contributed by atoms with Crippen LogP contribution in [0.1, 0.15) is 22.5 Å². The number of thiophene rings is 1. The molecule has 0 saturated heterocycles. The molecule has 0 amide bonds. The van der Waals surface area contributed by atoms with E-state index in [0.29, 0.717) is 17.4 Å². The van der Waals surface area contributed by atoms with Crippen LogP contribution < -0.4 is 0 Å². The predicted octanol–water partition coefficient (Wildman–Crippen LogP) is 2.31. The molecule has 1 aliphatic carbocycles. The van der Waals surface area contributed by atoms with Gasteiger partial charge < -0.3 is 4.74 Å². The van der Waals surface area contributed by atoms with Crippen LogP contribution in [0.2, 0.25) is 0 Å². The van der Waals surface area contributed by atoms with E-state index in [9.17, 15) is 4.79 Å². The molecule has 0 N–H and O–H groups in total. The van der Waals surface area contributed by atoms with Gasteiger partial charge in [0.1, 0.15) is 4.88 Å². The number of hydrogen-bond donors (Lipinski definition) is 0. The Balaban J connectivity index is 1.83. The number of esters is 1. The highest BCUT2D eigenvalue weighted by Gasteiger charge is 2.23. The van der Waals surface area contributed by atoms with Crippen molar-refractivity contribution >= 4 is 17.3 Å². The lowest BCUT2D eigenvalue weighted by Crippen LogP contribution is -2.05. The molecule has 1 saturated carbocycles. The summed E-state index contributed by atoms with van der Waals surface area (Å²) in [5.41, 5.74) is 0. The maximum atomic E-state index is 11.2. The van der Waals surface area contributed by atoms with Crippen LogP contribution in [0.5, 0.6) is 0 Å². The summed E-state index contributed by atoms with van der Waals surface area (Å²) in [5, 5.41) is 1.88. The molecule has 0 unspecified atom stereocenters. The number of carbonyl (C=O) groups excluding carboxylic acids is 1. The molecule has 0 aliphatic heterocycles. The molecule has 2 nitrogen and oxygen atoms in total. The molecule has 1 fully saturated rings. The third-order valence-electron chi connectivity index (χ3n) is 1.87. The second-order valence-electron chi connectivity index (χ2n) is 3.02. The van der Waals surface area contributed by atoms with E-state index in [1.165, 1.54) is 24.2 Å². The van der Waals surface area contributed by atoms with Crippen LogP contribution in [0.25, 0.3) is 0 Å². The van der Waals surface area contributed by atoms with E-state index in [1.54, 1.807) is 6.07 Å². The number of ether oxygens (including phenoxy) is 1. The summed E-state index contributed by atoms with van der Waals surface area (Å²) in [5.74, 6) is 0.478. The Bertz CT molecular complexity index is 262. The van der Waals surface area contributed by atoms with Gasteiger partial charge >= 0.3 is 5.97 Å². The van der Waals surface area contributed by atoms with Gasteiger partial charge in [-0.25, -0.2) is 4.79 Å². The van der Waals surface area contributed by atoms with Gasteiger partial charge in [0.05, 0.1) is 6.61 Å². The fraction of sp³-hybridized carbons (Fsp3) is 0.444. The van der Waals surface area contributed by atoms with E-state index < -0.39 is 0 Å². The second kappa shape index (κ2) is 3.27. The van der Waals surface area contributed by atoms with E-state index >= 15 is 0 Å². The van der Waals surface area contributed by atoms with Gasteiger partial charge in [0.15, 0.2) is 0 Å². The molecular weight excluding hydrogens is 172 g/mol. The normalized spacial score (nSPS) is 16.0. The van der Waals surface area contributed by atoms with Crippen LogP contribution >= 0.6 is 11.3 Å². The molecular formula is C9H10O2S. The van der Waals surface area contributed by atoms with Gasteiger partial charge in [0, 0.05) is 0 Å². The largest absolute Gasteiger partial charge is 0.461 e. The van der Waals surface area contributed by atoms with Gasteiger partial charge in [-0.2, -0.15) is 0 Å². The molecule has 0 atom stereocenters. The van der Waals surface area contributed by atoms with Crippen LogP contribution in [0, 0.1) is 5.92 Å². The van der Waals surface area contributed by atoms with Crippen molar-refractivity contribution in [3.8, 4) is 0 Å². The molecule has 1 aromatic rings. The zero-order valence-corrected chi connectivity index (χ0v) is 7.47. The van der Waals surface area contributed by atoms with Gasteiger partial charge in [-0.1, -0.05) is 6.07 Å². The lowest BCUT2D eigenvalue weighted by molar-refractivity contribution is 0.0492. The van der Waals surface area contributed by atoms with Crippen molar-refractivity contribution in [1.82, 2.24) is 0 Å². The molecule has 0 spiro atoms. The van der Waals surface area contributed by atoms with E-state index in [1.807, 2.05) is 11.4 Å². The summed E-state index contributed by atoms with van der Waals surface area (Å²) < 4.78 is 5.08. The monoisotopic (exact) mass is 182 g/mol. The third-order valence-corrected chi connectivity index (χ3v) is 2.72. The highest BCUT2D eigenvalue weighted by atomic mass is 32.1. The highest BCUT2D eigenvalue weighted by Crippen LogP contribution is 2.29. The minimum atomic E-state index is -0.170. The molecule has 1 heterocycles. The lowest BCUT2D eigenvalue weighted by atomic mass is 10.4. The van der Waals surface area contributed by atoms with Gasteiger partial charge in [-0.05, 0) is 30.2 Å². The van der Waals surface area contributed by atoms with Crippen LogP contribution in [0.3, 0.4) is 0 Å². The molecule has 0 aromatic carbocycles. The quantitative estimate of drug-likeness (QED) is 0.670. The predicted molar refractivity (Wildman–Crippen MR) is 47.3 cm³/mol. The first-order chi connectivity index (χ1) is 5.86. The average molecular weight is 182 g/mol. The van der Waals surface area contributed by atoms with Crippen LogP contribution in [-0.4, -0.2) is 12.6 Å². The Kier molecular flexibility index (Phi) is 2.13. The standard InChI is InChI=1S/C9H10O2S/c10-9(8-2-1-5-12-8)11-6-7-3-4-7/h1-2,5,7H,3-4,6H2. The second-order valence-corrected chi connectivity index (χ2v) is 3.97. The summed E-state index contributed by atoms with van der Waals surface area (Å²) in [6, 6.07) is 3.65. The highest BCUT2D eigenvalue weighted by molar-refractivity contribution is 7.11. The molecule has 0 bridgehead atoms. The Morgan fingerprint density at radius 1 is 1.67 bits per heavy atom. The number of hydrogen-bond acceptors (Lipinski definition) is 3. The zero-order valence-electron chi connectivity index (χ0n) is 6.66. The van der Waals surface area contributed by atoms with E-state index in [2.05, 4.69) is 0 Å². The van der Waals surface area contributed by atoms with Crippen LogP contribution in [-0.2, 0) is 4.74 Å². The van der Waals surface area contributed by atoms with E-state index in [-0.39, 0.29) is 5.97 Å². The van der Waals surface area contributed by atoms with E-state index in [0.717, 1.165) is 0 Å². The first-order valence-corrected chi connectivity index (χ1v) is 4.95. The minimum absolute atomic E-state index is 0.170. The molecule has 3 heteroatoms. The lowest BCUT2D eigenvalue weighted by Gasteiger charge is -1.99. The molecule has 0 radical (unpaired) electrons. The van der Waals surface area contributed by atoms with Gasteiger partial charge in [-0.15, -0.1) is 11.3 Å². The fourth-order valence-corrected chi connectivity index (χ4v) is 1.56. The third kappa shape index (κ3) is 1.85. The zero-order chi connectivity index (χ0) is 8.39. The topological polar surface area (TPSA) is 26.3 Å². The summed E-state index contributed by atoms with van der Waals surface area (Å²) in [6.07, 6.45) is 2.44. The number of carbonyl (C=O) groups is 1. The molecule has 2 rings (SSSR count). The molecule has 1 aromatic heterocycles. The van der Waals surface area contributed by atoms with Crippen LogP contribution in [0.15, 0.2) is 17.5 Å². The Labute approximate surface area is 75.2 Å². The van der Waals surface area contributed by atoms with Gasteiger partial charge in [0.25, 0.3) is 0 Å². The van der Waals surface area contributed by atoms with Crippen molar-refractivity contribution in [3.63, 3.8) is 0 Å². The fourth-order valence-electron chi connectivity index (χ4n) is 0.944. The summed E-state index contributed by atoms with van der Waals surface area (Å²) >= 11 is 1.43. The van der Waals surface area contributed by atoms with Gasteiger partial charge in [-0.3, -0.25) is 0 Å². The summed E-state index contributed by atoms with van der Waals surface area (Å²) in [4.78, 5) is 11.9. The SMILES string of the molecule is O=C(OCC1CC1)c1cccs1. The number of rotatable bonds is 3. The van der Waals surface area contributed by atoms with Crippen molar-refractivity contribution in [2.24, 2.45) is 5.92 Å². The molecule has 1 aliphatic rings. The van der Waals surface area contributed by atoms with Crippen molar-refractivity contribution in [1.29, 1.82) is 0 Å². The van der Waals surface area contributed by atoms with Crippen molar-refractivity contribution in [3.05, 3.63) is 22.4 Å². The maximum Gasteiger partial charge on any atom is 0.348 e.